The second-order valence-corrected chi connectivity index (χ2v) is 8.59. The minimum Gasteiger partial charge on any atom is -0.496 e. The maximum atomic E-state index is 12.2. The predicted octanol–water partition coefficient (Wildman–Crippen LogP) is 1.47. The van der Waals surface area contributed by atoms with Gasteiger partial charge in [-0.1, -0.05) is 18.5 Å². The molecule has 1 heterocycles. The summed E-state index contributed by atoms with van der Waals surface area (Å²) in [6, 6.07) is 5.11. The van der Waals surface area contributed by atoms with E-state index in [0.717, 1.165) is 11.3 Å². The summed E-state index contributed by atoms with van der Waals surface area (Å²) in [7, 11) is -1.40. The number of hydrogen-bond donors (Lipinski definition) is 1. The number of carbonyl (C=O) groups is 1. The Morgan fingerprint density at radius 3 is 2.79 bits per heavy atom. The molecule has 24 heavy (non-hydrogen) atoms. The fourth-order valence-corrected chi connectivity index (χ4v) is 4.64. The van der Waals surface area contributed by atoms with Gasteiger partial charge in [0.25, 0.3) is 0 Å². The van der Waals surface area contributed by atoms with Gasteiger partial charge in [-0.25, -0.2) is 8.42 Å². The van der Waals surface area contributed by atoms with Gasteiger partial charge in [0.05, 0.1) is 25.2 Å². The van der Waals surface area contributed by atoms with Gasteiger partial charge in [0.1, 0.15) is 5.75 Å². The maximum Gasteiger partial charge on any atom is 0.234 e. The van der Waals surface area contributed by atoms with Crippen molar-refractivity contribution in [3.8, 4) is 5.75 Å². The quantitative estimate of drug-likeness (QED) is 0.782. The van der Waals surface area contributed by atoms with E-state index in [-0.39, 0.29) is 30.0 Å². The Morgan fingerprint density at radius 1 is 1.46 bits per heavy atom. The Bertz CT molecular complexity index is 693. The van der Waals surface area contributed by atoms with Crippen molar-refractivity contribution in [3.05, 3.63) is 28.8 Å². The number of ether oxygens (including phenoxy) is 1. The number of hydrogen-bond acceptors (Lipinski definition) is 5. The van der Waals surface area contributed by atoms with Crippen LogP contribution in [0.25, 0.3) is 0 Å². The molecule has 134 valence electrons. The standard InChI is InChI=1S/C16H23ClN2O4S/c1-3-19(9-12-8-13(17)4-5-15(12)23-2)10-16(20)18-14-6-7-24(21,22)11-14/h4-5,8,14H,3,6-7,9-11H2,1-2H3,(H,18,20)/t14-/m0/s1. The van der Waals surface area contributed by atoms with Crippen LogP contribution in [-0.4, -0.2) is 57.0 Å². The molecular formula is C16H23ClN2O4S. The first-order valence-electron chi connectivity index (χ1n) is 7.87. The van der Waals surface area contributed by atoms with Gasteiger partial charge in [0.15, 0.2) is 9.84 Å². The van der Waals surface area contributed by atoms with Crippen LogP contribution in [0.5, 0.6) is 5.75 Å². The molecule has 0 aromatic heterocycles. The first-order chi connectivity index (χ1) is 11.3. The molecule has 1 N–H and O–H groups in total. The van der Waals surface area contributed by atoms with Gasteiger partial charge in [0, 0.05) is 23.2 Å². The lowest BCUT2D eigenvalue weighted by Crippen LogP contribution is -2.42. The summed E-state index contributed by atoms with van der Waals surface area (Å²) < 4.78 is 28.2. The molecule has 1 aromatic rings. The Balaban J connectivity index is 1.94. The SMILES string of the molecule is CCN(CC(=O)N[C@H]1CCS(=O)(=O)C1)Cc1cc(Cl)ccc1OC. The Morgan fingerprint density at radius 2 is 2.21 bits per heavy atom. The summed E-state index contributed by atoms with van der Waals surface area (Å²) in [5.74, 6) is 0.738. The number of likely N-dealkylation sites (N-methyl/N-ethyl adjacent to an activating group) is 1. The molecule has 1 fully saturated rings. The number of nitrogens with one attached hydrogen (secondary N) is 1. The number of carbonyl (C=O) groups excluding carboxylic acids is 1. The Labute approximate surface area is 148 Å². The van der Waals surface area contributed by atoms with E-state index in [4.69, 9.17) is 16.3 Å². The summed E-state index contributed by atoms with van der Waals surface area (Å²) >= 11 is 6.04. The van der Waals surface area contributed by atoms with Gasteiger partial charge in [-0.05, 0) is 31.2 Å². The largest absolute Gasteiger partial charge is 0.496 e. The van der Waals surface area contributed by atoms with Crippen LogP contribution in [0.15, 0.2) is 18.2 Å². The third-order valence-corrected chi connectivity index (χ3v) is 6.05. The smallest absolute Gasteiger partial charge is 0.234 e. The minimum atomic E-state index is -3.00. The normalized spacial score (nSPS) is 19.4. The first-order valence-corrected chi connectivity index (χ1v) is 10.1. The van der Waals surface area contributed by atoms with Crippen LogP contribution >= 0.6 is 11.6 Å². The second-order valence-electron chi connectivity index (χ2n) is 5.93. The molecule has 1 saturated heterocycles. The monoisotopic (exact) mass is 374 g/mol. The van der Waals surface area contributed by atoms with Crippen molar-refractivity contribution in [2.24, 2.45) is 0 Å². The molecule has 6 nitrogen and oxygen atoms in total. The molecule has 8 heteroatoms. The molecule has 0 bridgehead atoms. The summed E-state index contributed by atoms with van der Waals surface area (Å²) in [6.45, 7) is 3.36. The van der Waals surface area contributed by atoms with E-state index in [1.54, 1.807) is 19.2 Å². The number of halogens is 1. The molecule has 1 aliphatic heterocycles. The van der Waals surface area contributed by atoms with E-state index in [1.807, 2.05) is 17.9 Å². The summed E-state index contributed by atoms with van der Waals surface area (Å²) in [5.41, 5.74) is 0.906. The van der Waals surface area contributed by atoms with Crippen LogP contribution in [0.3, 0.4) is 0 Å². The van der Waals surface area contributed by atoms with Crippen LogP contribution in [0, 0.1) is 0 Å². The number of methoxy groups -OCH3 is 1. The van der Waals surface area contributed by atoms with E-state index in [2.05, 4.69) is 5.32 Å². The van der Waals surface area contributed by atoms with E-state index in [9.17, 15) is 13.2 Å². The fraction of sp³-hybridized carbons (Fsp3) is 0.562. The van der Waals surface area contributed by atoms with Crippen molar-refractivity contribution in [1.82, 2.24) is 10.2 Å². The topological polar surface area (TPSA) is 75.7 Å². The van der Waals surface area contributed by atoms with Crippen LogP contribution < -0.4 is 10.1 Å². The molecular weight excluding hydrogens is 352 g/mol. The van der Waals surface area contributed by atoms with Gasteiger partial charge in [0.2, 0.25) is 5.91 Å². The third-order valence-electron chi connectivity index (χ3n) is 4.05. The van der Waals surface area contributed by atoms with Crippen molar-refractivity contribution < 1.29 is 17.9 Å². The Kier molecular flexibility index (Phi) is 6.48. The zero-order valence-electron chi connectivity index (χ0n) is 13.9. The highest BCUT2D eigenvalue weighted by atomic mass is 35.5. The molecule has 0 radical (unpaired) electrons. The maximum absolute atomic E-state index is 12.2. The first kappa shape index (κ1) is 19.0. The Hall–Kier alpha value is -1.31. The molecule has 0 unspecified atom stereocenters. The molecule has 1 atom stereocenters. The van der Waals surface area contributed by atoms with Gasteiger partial charge in [-0.2, -0.15) is 0 Å². The van der Waals surface area contributed by atoms with Crippen LogP contribution in [-0.2, 0) is 21.2 Å². The van der Waals surface area contributed by atoms with Crippen molar-refractivity contribution >= 4 is 27.3 Å². The molecule has 1 aliphatic rings. The number of sulfone groups is 1. The van der Waals surface area contributed by atoms with Crippen molar-refractivity contribution in [2.75, 3.05) is 31.7 Å². The zero-order valence-corrected chi connectivity index (χ0v) is 15.5. The zero-order chi connectivity index (χ0) is 17.7. The van der Waals surface area contributed by atoms with Gasteiger partial charge in [-0.15, -0.1) is 0 Å². The molecule has 0 spiro atoms. The van der Waals surface area contributed by atoms with Crippen LogP contribution in [0.2, 0.25) is 5.02 Å². The number of rotatable bonds is 7. The summed E-state index contributed by atoms with van der Waals surface area (Å²) in [6.07, 6.45) is 0.488. The van der Waals surface area contributed by atoms with E-state index >= 15 is 0 Å². The van der Waals surface area contributed by atoms with E-state index in [1.165, 1.54) is 0 Å². The van der Waals surface area contributed by atoms with Crippen molar-refractivity contribution in [3.63, 3.8) is 0 Å². The minimum absolute atomic E-state index is 0.0347. The molecule has 1 amide bonds. The van der Waals surface area contributed by atoms with E-state index < -0.39 is 9.84 Å². The summed E-state index contributed by atoms with van der Waals surface area (Å²) in [5, 5.41) is 3.42. The van der Waals surface area contributed by atoms with Gasteiger partial charge < -0.3 is 10.1 Å². The highest BCUT2D eigenvalue weighted by Crippen LogP contribution is 2.24. The average Bonchev–Trinajstić information content (AvgIpc) is 2.85. The molecule has 0 saturated carbocycles. The number of benzene rings is 1. The molecule has 0 aliphatic carbocycles. The van der Waals surface area contributed by atoms with E-state index in [0.29, 0.717) is 24.5 Å². The fourth-order valence-electron chi connectivity index (χ4n) is 2.78. The van der Waals surface area contributed by atoms with Crippen LogP contribution in [0.1, 0.15) is 18.9 Å². The summed E-state index contributed by atoms with van der Waals surface area (Å²) in [4.78, 5) is 14.1. The lowest BCUT2D eigenvalue weighted by Gasteiger charge is -2.22. The lowest BCUT2D eigenvalue weighted by molar-refractivity contribution is -0.122. The second kappa shape index (κ2) is 8.18. The third kappa shape index (κ3) is 5.36. The highest BCUT2D eigenvalue weighted by Gasteiger charge is 2.29. The highest BCUT2D eigenvalue weighted by molar-refractivity contribution is 7.91. The predicted molar refractivity (Wildman–Crippen MR) is 94.2 cm³/mol. The number of amides is 1. The molecule has 2 rings (SSSR count). The van der Waals surface area contributed by atoms with Gasteiger partial charge in [-0.3, -0.25) is 9.69 Å². The molecule has 1 aromatic carbocycles. The average molecular weight is 375 g/mol. The lowest BCUT2D eigenvalue weighted by atomic mass is 10.2. The van der Waals surface area contributed by atoms with Crippen molar-refractivity contribution in [1.29, 1.82) is 0 Å². The van der Waals surface area contributed by atoms with Gasteiger partial charge >= 0.3 is 0 Å². The van der Waals surface area contributed by atoms with Crippen LogP contribution in [0.4, 0.5) is 0 Å². The number of nitrogens with zero attached hydrogens (tertiary/aromatic N) is 1. The van der Waals surface area contributed by atoms with Crippen molar-refractivity contribution in [2.45, 2.75) is 25.9 Å².